The molecule has 1 saturated heterocycles. The molecule has 2 heterocycles. The van der Waals surface area contributed by atoms with E-state index in [4.69, 9.17) is 9.47 Å². The van der Waals surface area contributed by atoms with Gasteiger partial charge in [-0.2, -0.15) is 0 Å². The summed E-state index contributed by atoms with van der Waals surface area (Å²) in [5.74, 6) is 0.646. The van der Waals surface area contributed by atoms with E-state index in [0.29, 0.717) is 22.1 Å². The van der Waals surface area contributed by atoms with Gasteiger partial charge in [0.25, 0.3) is 11.1 Å². The van der Waals surface area contributed by atoms with Crippen molar-refractivity contribution >= 4 is 46.0 Å². The first-order chi connectivity index (χ1) is 11.1. The van der Waals surface area contributed by atoms with Gasteiger partial charge in [0.05, 0.1) is 24.8 Å². The summed E-state index contributed by atoms with van der Waals surface area (Å²) < 4.78 is 10.4. The lowest BCUT2D eigenvalue weighted by Crippen LogP contribution is -2.28. The van der Waals surface area contributed by atoms with E-state index < -0.39 is 0 Å². The van der Waals surface area contributed by atoms with Crippen LogP contribution in [0.25, 0.3) is 6.08 Å². The summed E-state index contributed by atoms with van der Waals surface area (Å²) in [5.41, 5.74) is 0.408. The molecule has 0 N–H and O–H groups in total. The van der Waals surface area contributed by atoms with E-state index in [1.165, 1.54) is 18.4 Å². The number of carbonyl (C=O) groups excluding carboxylic acids is 2. The van der Waals surface area contributed by atoms with Crippen LogP contribution in [0.3, 0.4) is 0 Å². The third-order valence-electron chi connectivity index (χ3n) is 3.24. The number of carbonyl (C=O) groups is 2. The molecule has 2 aromatic rings. The van der Waals surface area contributed by atoms with Gasteiger partial charge in [0.2, 0.25) is 0 Å². The maximum atomic E-state index is 12.6. The molecule has 5 nitrogen and oxygen atoms in total. The number of rotatable bonds is 4. The standard InChI is InChI=1S/C16H13NO4S2/c1-20-10-5-6-12(13(8-10)21-2)17-15(18)14(23-16(17)19)9-11-4-3-7-22-11/h3-9H,1-2H3/b14-9+. The van der Waals surface area contributed by atoms with Crippen LogP contribution in [0.5, 0.6) is 11.5 Å². The molecule has 118 valence electrons. The number of hydrogen-bond acceptors (Lipinski definition) is 6. The van der Waals surface area contributed by atoms with E-state index in [1.54, 1.807) is 31.4 Å². The fourth-order valence-electron chi connectivity index (χ4n) is 2.15. The molecule has 0 aliphatic carbocycles. The molecule has 1 fully saturated rings. The highest BCUT2D eigenvalue weighted by atomic mass is 32.2. The van der Waals surface area contributed by atoms with Crippen LogP contribution in [0.1, 0.15) is 4.88 Å². The summed E-state index contributed by atoms with van der Waals surface area (Å²) in [6, 6.07) is 8.76. The van der Waals surface area contributed by atoms with Gasteiger partial charge in [-0.3, -0.25) is 9.59 Å². The lowest BCUT2D eigenvalue weighted by molar-refractivity contribution is -0.113. The van der Waals surface area contributed by atoms with Gasteiger partial charge >= 0.3 is 0 Å². The fourth-order valence-corrected chi connectivity index (χ4v) is 3.70. The summed E-state index contributed by atoms with van der Waals surface area (Å²) in [6.45, 7) is 0. The summed E-state index contributed by atoms with van der Waals surface area (Å²) >= 11 is 2.43. The van der Waals surface area contributed by atoms with E-state index in [-0.39, 0.29) is 11.1 Å². The molecule has 0 saturated carbocycles. The Labute approximate surface area is 141 Å². The molecule has 0 unspecified atom stereocenters. The molecule has 1 aliphatic heterocycles. The van der Waals surface area contributed by atoms with E-state index >= 15 is 0 Å². The highest BCUT2D eigenvalue weighted by Crippen LogP contribution is 2.41. The van der Waals surface area contributed by atoms with Gasteiger partial charge in [0.15, 0.2) is 0 Å². The molecule has 0 bridgehead atoms. The fraction of sp³-hybridized carbons (Fsp3) is 0.125. The lowest BCUT2D eigenvalue weighted by atomic mass is 10.2. The number of amides is 2. The number of imide groups is 1. The molecule has 7 heteroatoms. The summed E-state index contributed by atoms with van der Waals surface area (Å²) in [5, 5.41) is 1.57. The molecule has 1 aromatic heterocycles. The Kier molecular flexibility index (Phi) is 4.40. The average Bonchev–Trinajstić information content (AvgIpc) is 3.16. The van der Waals surface area contributed by atoms with Crippen molar-refractivity contribution in [2.24, 2.45) is 0 Å². The van der Waals surface area contributed by atoms with Crippen LogP contribution in [-0.2, 0) is 4.79 Å². The van der Waals surface area contributed by atoms with Crippen LogP contribution in [0, 0.1) is 0 Å². The van der Waals surface area contributed by atoms with Gasteiger partial charge in [-0.1, -0.05) is 6.07 Å². The minimum absolute atomic E-state index is 0.346. The smallest absolute Gasteiger partial charge is 0.298 e. The Morgan fingerprint density at radius 3 is 2.61 bits per heavy atom. The van der Waals surface area contributed by atoms with Gasteiger partial charge in [-0.25, -0.2) is 4.90 Å². The predicted molar refractivity (Wildman–Crippen MR) is 92.3 cm³/mol. The van der Waals surface area contributed by atoms with Crippen molar-refractivity contribution in [3.63, 3.8) is 0 Å². The second-order valence-corrected chi connectivity index (χ2v) is 6.54. The third-order valence-corrected chi connectivity index (χ3v) is 4.93. The molecule has 0 radical (unpaired) electrons. The zero-order chi connectivity index (χ0) is 16.4. The second-order valence-electron chi connectivity index (χ2n) is 4.57. The molecular formula is C16H13NO4S2. The van der Waals surface area contributed by atoms with Crippen molar-refractivity contribution in [2.75, 3.05) is 19.1 Å². The van der Waals surface area contributed by atoms with Crippen molar-refractivity contribution in [3.05, 3.63) is 45.5 Å². The summed E-state index contributed by atoms with van der Waals surface area (Å²) in [7, 11) is 3.02. The number of nitrogens with zero attached hydrogens (tertiary/aromatic N) is 1. The van der Waals surface area contributed by atoms with Crippen LogP contribution in [-0.4, -0.2) is 25.4 Å². The predicted octanol–water partition coefficient (Wildman–Crippen LogP) is 4.01. The average molecular weight is 347 g/mol. The minimum Gasteiger partial charge on any atom is -0.497 e. The number of thiophene rings is 1. The Morgan fingerprint density at radius 2 is 1.96 bits per heavy atom. The highest BCUT2D eigenvalue weighted by molar-refractivity contribution is 8.19. The van der Waals surface area contributed by atoms with Crippen LogP contribution >= 0.6 is 23.1 Å². The maximum Gasteiger partial charge on any atom is 0.298 e. The molecule has 0 atom stereocenters. The van der Waals surface area contributed by atoms with Gasteiger partial charge in [-0.05, 0) is 41.4 Å². The van der Waals surface area contributed by atoms with Crippen molar-refractivity contribution in [1.29, 1.82) is 0 Å². The normalized spacial score (nSPS) is 16.3. The van der Waals surface area contributed by atoms with Crippen molar-refractivity contribution in [2.45, 2.75) is 0 Å². The lowest BCUT2D eigenvalue weighted by Gasteiger charge is -2.16. The maximum absolute atomic E-state index is 12.6. The van der Waals surface area contributed by atoms with Crippen LogP contribution in [0.4, 0.5) is 10.5 Å². The first-order valence-corrected chi connectivity index (χ1v) is 8.37. The van der Waals surface area contributed by atoms with E-state index in [1.807, 2.05) is 17.5 Å². The van der Waals surface area contributed by atoms with Crippen LogP contribution in [0.2, 0.25) is 0 Å². The number of hydrogen-bond donors (Lipinski definition) is 0. The largest absolute Gasteiger partial charge is 0.497 e. The molecule has 23 heavy (non-hydrogen) atoms. The SMILES string of the molecule is COc1ccc(N2C(=O)S/C(=C/c3cccs3)C2=O)c(OC)c1. The first-order valence-electron chi connectivity index (χ1n) is 6.67. The minimum atomic E-state index is -0.350. The van der Waals surface area contributed by atoms with Gasteiger partial charge in [0.1, 0.15) is 11.5 Å². The number of anilines is 1. The molecular weight excluding hydrogens is 334 g/mol. The second kappa shape index (κ2) is 6.47. The quantitative estimate of drug-likeness (QED) is 0.782. The first kappa shape index (κ1) is 15.6. The van der Waals surface area contributed by atoms with E-state index in [9.17, 15) is 9.59 Å². The molecule has 3 rings (SSSR count). The Balaban J connectivity index is 1.98. The zero-order valence-electron chi connectivity index (χ0n) is 12.4. The van der Waals surface area contributed by atoms with Gasteiger partial charge < -0.3 is 9.47 Å². The van der Waals surface area contributed by atoms with E-state index in [0.717, 1.165) is 21.5 Å². The Morgan fingerprint density at radius 1 is 1.13 bits per heavy atom. The number of methoxy groups -OCH3 is 2. The van der Waals surface area contributed by atoms with Gasteiger partial charge in [0, 0.05) is 10.9 Å². The van der Waals surface area contributed by atoms with E-state index in [2.05, 4.69) is 0 Å². The monoisotopic (exact) mass is 347 g/mol. The number of thioether (sulfide) groups is 1. The summed E-state index contributed by atoms with van der Waals surface area (Å²) in [4.78, 5) is 27.3. The molecule has 0 spiro atoms. The molecule has 1 aromatic carbocycles. The Bertz CT molecular complexity index is 783. The van der Waals surface area contributed by atoms with Crippen molar-refractivity contribution < 1.29 is 19.1 Å². The van der Waals surface area contributed by atoms with Crippen LogP contribution < -0.4 is 14.4 Å². The third kappa shape index (κ3) is 2.97. The molecule has 1 aliphatic rings. The number of benzene rings is 1. The van der Waals surface area contributed by atoms with Crippen molar-refractivity contribution in [3.8, 4) is 11.5 Å². The zero-order valence-corrected chi connectivity index (χ0v) is 14.1. The van der Waals surface area contributed by atoms with Crippen LogP contribution in [0.15, 0.2) is 40.6 Å². The molecule has 2 amide bonds. The Hall–Kier alpha value is -2.25. The highest BCUT2D eigenvalue weighted by Gasteiger charge is 2.37. The van der Waals surface area contributed by atoms with Gasteiger partial charge in [-0.15, -0.1) is 11.3 Å². The van der Waals surface area contributed by atoms with Crippen molar-refractivity contribution in [1.82, 2.24) is 0 Å². The summed E-state index contributed by atoms with van der Waals surface area (Å²) in [6.07, 6.45) is 1.73. The topological polar surface area (TPSA) is 55.8 Å². The number of ether oxygens (including phenoxy) is 2.